The van der Waals surface area contributed by atoms with E-state index in [2.05, 4.69) is 29.7 Å². The van der Waals surface area contributed by atoms with Crippen LogP contribution < -0.4 is 5.32 Å². The monoisotopic (exact) mass is 238 g/mol. The van der Waals surface area contributed by atoms with Gasteiger partial charge in [-0.1, -0.05) is 19.8 Å². The Kier molecular flexibility index (Phi) is 4.36. The normalized spacial score (nSPS) is 27.9. The molecule has 90 valence electrons. The Bertz CT molecular complexity index is 289. The van der Waals surface area contributed by atoms with E-state index in [-0.39, 0.29) is 0 Å². The lowest BCUT2D eigenvalue weighted by molar-refractivity contribution is 0.235. The molecule has 3 heteroatoms. The van der Waals surface area contributed by atoms with E-state index >= 15 is 0 Å². The second-order valence-corrected chi connectivity index (χ2v) is 6.02. The number of rotatable bonds is 4. The minimum absolute atomic E-state index is 0.624. The maximum absolute atomic E-state index is 4.39. The van der Waals surface area contributed by atoms with Gasteiger partial charge in [-0.05, 0) is 31.7 Å². The van der Waals surface area contributed by atoms with Gasteiger partial charge in [-0.2, -0.15) is 0 Å². The molecule has 1 aromatic rings. The molecule has 0 aromatic carbocycles. The molecule has 0 amide bonds. The number of nitrogens with one attached hydrogen (secondary N) is 1. The van der Waals surface area contributed by atoms with E-state index in [1.54, 1.807) is 11.3 Å². The Morgan fingerprint density at radius 1 is 1.44 bits per heavy atom. The lowest BCUT2D eigenvalue weighted by atomic mass is 9.78. The summed E-state index contributed by atoms with van der Waals surface area (Å²) in [5, 5.41) is 6.84. The molecule has 0 radical (unpaired) electrons. The highest BCUT2D eigenvalue weighted by Gasteiger charge is 2.25. The summed E-state index contributed by atoms with van der Waals surface area (Å²) in [7, 11) is 2.09. The molecule has 16 heavy (non-hydrogen) atoms. The van der Waals surface area contributed by atoms with Crippen LogP contribution in [0.5, 0.6) is 0 Å². The molecule has 1 heterocycles. The average molecular weight is 238 g/mol. The Labute approximate surface area is 102 Å². The zero-order valence-corrected chi connectivity index (χ0v) is 11.1. The summed E-state index contributed by atoms with van der Waals surface area (Å²) >= 11 is 1.78. The highest BCUT2D eigenvalue weighted by atomic mass is 32.1. The molecule has 0 spiro atoms. The molecule has 1 atom stereocenters. The predicted octanol–water partition coefficient (Wildman–Crippen LogP) is 3.10. The van der Waals surface area contributed by atoms with Gasteiger partial charge in [-0.25, -0.2) is 4.98 Å². The van der Waals surface area contributed by atoms with Crippen molar-refractivity contribution in [1.29, 1.82) is 0 Å². The molecule has 1 unspecified atom stereocenters. The quantitative estimate of drug-likeness (QED) is 0.872. The largest absolute Gasteiger partial charge is 0.316 e. The van der Waals surface area contributed by atoms with Gasteiger partial charge in [-0.15, -0.1) is 11.3 Å². The Hall–Kier alpha value is -0.410. The van der Waals surface area contributed by atoms with Gasteiger partial charge >= 0.3 is 0 Å². The fraction of sp³-hybridized carbons (Fsp3) is 0.769. The van der Waals surface area contributed by atoms with Crippen molar-refractivity contribution in [2.45, 2.75) is 45.1 Å². The fourth-order valence-corrected chi connectivity index (χ4v) is 3.41. The van der Waals surface area contributed by atoms with Gasteiger partial charge in [0.1, 0.15) is 0 Å². The van der Waals surface area contributed by atoms with Crippen molar-refractivity contribution < 1.29 is 0 Å². The van der Waals surface area contributed by atoms with E-state index < -0.39 is 0 Å². The van der Waals surface area contributed by atoms with Crippen molar-refractivity contribution >= 4 is 11.3 Å². The van der Waals surface area contributed by atoms with Crippen LogP contribution in [-0.2, 0) is 6.42 Å². The first-order valence-electron chi connectivity index (χ1n) is 6.35. The van der Waals surface area contributed by atoms with Crippen molar-refractivity contribution in [1.82, 2.24) is 10.3 Å². The van der Waals surface area contributed by atoms with Gasteiger partial charge in [0.2, 0.25) is 0 Å². The van der Waals surface area contributed by atoms with E-state index in [1.165, 1.54) is 30.7 Å². The molecule has 1 fully saturated rings. The van der Waals surface area contributed by atoms with Crippen LogP contribution in [-0.4, -0.2) is 18.1 Å². The highest BCUT2D eigenvalue weighted by Crippen LogP contribution is 2.31. The first-order valence-corrected chi connectivity index (χ1v) is 7.23. The summed E-state index contributed by atoms with van der Waals surface area (Å²) in [6.07, 6.45) is 8.60. The van der Waals surface area contributed by atoms with Crippen LogP contribution in [0, 0.1) is 11.8 Å². The molecule has 1 saturated carbocycles. The lowest BCUT2D eigenvalue weighted by Crippen LogP contribution is -2.37. The van der Waals surface area contributed by atoms with Crippen molar-refractivity contribution in [2.24, 2.45) is 11.8 Å². The molecule has 2 rings (SSSR count). The van der Waals surface area contributed by atoms with Gasteiger partial charge < -0.3 is 5.32 Å². The van der Waals surface area contributed by atoms with E-state index in [1.807, 2.05) is 6.20 Å². The Balaban J connectivity index is 1.89. The average Bonchev–Trinajstić information content (AvgIpc) is 2.80. The molecule has 2 nitrogen and oxygen atoms in total. The van der Waals surface area contributed by atoms with Crippen LogP contribution in [0.1, 0.15) is 37.6 Å². The molecular weight excluding hydrogens is 216 g/mol. The van der Waals surface area contributed by atoms with E-state index in [9.17, 15) is 0 Å². The predicted molar refractivity (Wildman–Crippen MR) is 69.8 cm³/mol. The molecular formula is C13H22N2S. The standard InChI is InChI=1S/C13H22N2S/c1-10-3-5-11(6-4-10)12(14-2)9-13-15-7-8-16-13/h7-8,10-12,14H,3-6,9H2,1-2H3. The van der Waals surface area contributed by atoms with Crippen LogP contribution in [0.4, 0.5) is 0 Å². The van der Waals surface area contributed by atoms with E-state index in [4.69, 9.17) is 0 Å². The van der Waals surface area contributed by atoms with Crippen LogP contribution in [0.15, 0.2) is 11.6 Å². The summed E-state index contributed by atoms with van der Waals surface area (Å²) in [6.45, 7) is 2.38. The molecule has 0 saturated heterocycles. The summed E-state index contributed by atoms with van der Waals surface area (Å²) in [4.78, 5) is 4.39. The summed E-state index contributed by atoms with van der Waals surface area (Å²) in [5.74, 6) is 1.79. The molecule has 1 aliphatic rings. The third kappa shape index (κ3) is 3.05. The first-order chi connectivity index (χ1) is 7.79. The zero-order valence-electron chi connectivity index (χ0n) is 10.3. The maximum atomic E-state index is 4.39. The topological polar surface area (TPSA) is 24.9 Å². The first kappa shape index (κ1) is 12.1. The molecule has 0 bridgehead atoms. The number of aromatic nitrogens is 1. The minimum atomic E-state index is 0.624. The summed E-state index contributed by atoms with van der Waals surface area (Å²) in [6, 6.07) is 0.624. The SMILES string of the molecule is CNC(Cc1nccs1)C1CCC(C)CC1. The number of thiazole rings is 1. The van der Waals surface area contributed by atoms with Gasteiger partial charge in [-0.3, -0.25) is 0 Å². The van der Waals surface area contributed by atoms with Crippen molar-refractivity contribution in [3.63, 3.8) is 0 Å². The van der Waals surface area contributed by atoms with Crippen LogP contribution in [0.25, 0.3) is 0 Å². The molecule has 0 aliphatic heterocycles. The van der Waals surface area contributed by atoms with Crippen LogP contribution in [0.2, 0.25) is 0 Å². The number of nitrogens with zero attached hydrogens (tertiary/aromatic N) is 1. The van der Waals surface area contributed by atoms with Gasteiger partial charge in [0, 0.05) is 24.0 Å². The molecule has 1 aromatic heterocycles. The zero-order chi connectivity index (χ0) is 11.4. The smallest absolute Gasteiger partial charge is 0.0940 e. The van der Waals surface area contributed by atoms with Crippen molar-refractivity contribution in [2.75, 3.05) is 7.05 Å². The van der Waals surface area contributed by atoms with Crippen LogP contribution >= 0.6 is 11.3 Å². The number of hydrogen-bond acceptors (Lipinski definition) is 3. The molecule has 1 aliphatic carbocycles. The third-order valence-electron chi connectivity index (χ3n) is 3.88. The lowest BCUT2D eigenvalue weighted by Gasteiger charge is -2.32. The summed E-state index contributed by atoms with van der Waals surface area (Å²) in [5.41, 5.74) is 0. The van der Waals surface area contributed by atoms with Crippen molar-refractivity contribution in [3.05, 3.63) is 16.6 Å². The summed E-state index contributed by atoms with van der Waals surface area (Å²) < 4.78 is 0. The minimum Gasteiger partial charge on any atom is -0.316 e. The van der Waals surface area contributed by atoms with Gasteiger partial charge in [0.15, 0.2) is 0 Å². The number of likely N-dealkylation sites (N-methyl/N-ethyl adjacent to an activating group) is 1. The highest BCUT2D eigenvalue weighted by molar-refractivity contribution is 7.09. The molecule has 1 N–H and O–H groups in total. The van der Waals surface area contributed by atoms with E-state index in [0.29, 0.717) is 6.04 Å². The van der Waals surface area contributed by atoms with Gasteiger partial charge in [0.05, 0.1) is 5.01 Å². The second-order valence-electron chi connectivity index (χ2n) is 5.05. The Morgan fingerprint density at radius 2 is 2.19 bits per heavy atom. The number of hydrogen-bond donors (Lipinski definition) is 1. The van der Waals surface area contributed by atoms with E-state index in [0.717, 1.165) is 18.3 Å². The van der Waals surface area contributed by atoms with Crippen molar-refractivity contribution in [3.8, 4) is 0 Å². The Morgan fingerprint density at radius 3 is 2.75 bits per heavy atom. The van der Waals surface area contributed by atoms with Gasteiger partial charge in [0.25, 0.3) is 0 Å². The maximum Gasteiger partial charge on any atom is 0.0940 e. The fourth-order valence-electron chi connectivity index (χ4n) is 2.73. The second kappa shape index (κ2) is 5.78. The van der Waals surface area contributed by atoms with Crippen LogP contribution in [0.3, 0.4) is 0 Å². The third-order valence-corrected chi connectivity index (χ3v) is 4.68.